The number of nitrogens with one attached hydrogen (secondary N) is 2. The van der Waals surface area contributed by atoms with E-state index in [1.807, 2.05) is 7.05 Å². The third-order valence-corrected chi connectivity index (χ3v) is 5.77. The molecule has 0 spiro atoms. The molecule has 0 radical (unpaired) electrons. The van der Waals surface area contributed by atoms with Crippen LogP contribution in [0.5, 0.6) is 0 Å². The van der Waals surface area contributed by atoms with Crippen molar-refractivity contribution in [3.05, 3.63) is 36.5 Å². The molecule has 1 aliphatic heterocycles. The average Bonchev–Trinajstić information content (AvgIpc) is 3.13. The number of hydrogen-bond donors (Lipinski definition) is 2. The van der Waals surface area contributed by atoms with Gasteiger partial charge in [-0.05, 0) is 68.8 Å². The van der Waals surface area contributed by atoms with Crippen molar-refractivity contribution >= 4 is 16.9 Å². The molecule has 0 atom stereocenters. The van der Waals surface area contributed by atoms with Gasteiger partial charge in [0, 0.05) is 38.4 Å². The van der Waals surface area contributed by atoms with Crippen LogP contribution < -0.4 is 10.6 Å². The van der Waals surface area contributed by atoms with Crippen LogP contribution in [0.1, 0.15) is 32.6 Å². The predicted molar refractivity (Wildman–Crippen MR) is 115 cm³/mol. The van der Waals surface area contributed by atoms with E-state index in [1.54, 1.807) is 0 Å². The third kappa shape index (κ3) is 5.73. The first-order valence-corrected chi connectivity index (χ1v) is 10.5. The van der Waals surface area contributed by atoms with Crippen LogP contribution >= 0.6 is 0 Å². The Morgan fingerprint density at radius 3 is 2.67 bits per heavy atom. The summed E-state index contributed by atoms with van der Waals surface area (Å²) in [4.78, 5) is 6.91. The minimum Gasteiger partial charge on any atom is -0.356 e. The van der Waals surface area contributed by atoms with Gasteiger partial charge in [-0.15, -0.1) is 0 Å². The van der Waals surface area contributed by atoms with E-state index in [4.69, 9.17) is 0 Å². The van der Waals surface area contributed by atoms with E-state index in [9.17, 15) is 0 Å². The average molecular weight is 370 g/mol. The van der Waals surface area contributed by atoms with E-state index in [-0.39, 0.29) is 0 Å². The molecule has 27 heavy (non-hydrogen) atoms. The molecule has 3 rings (SSSR count). The van der Waals surface area contributed by atoms with Crippen LogP contribution in [0.3, 0.4) is 0 Å². The fourth-order valence-electron chi connectivity index (χ4n) is 4.00. The zero-order valence-electron chi connectivity index (χ0n) is 17.0. The Morgan fingerprint density at radius 2 is 1.89 bits per heavy atom. The first-order chi connectivity index (χ1) is 13.3. The maximum atomic E-state index is 4.36. The highest BCUT2D eigenvalue weighted by molar-refractivity contribution is 5.80. The maximum absolute atomic E-state index is 4.36. The Hall–Kier alpha value is -2.01. The van der Waals surface area contributed by atoms with E-state index in [0.717, 1.165) is 37.9 Å². The summed E-state index contributed by atoms with van der Waals surface area (Å²) < 4.78 is 2.33. The second-order valence-corrected chi connectivity index (χ2v) is 7.51. The summed E-state index contributed by atoms with van der Waals surface area (Å²) in [6.45, 7) is 8.95. The normalized spacial score (nSPS) is 16.7. The molecule has 2 heterocycles. The highest BCUT2D eigenvalue weighted by Crippen LogP contribution is 2.19. The fourth-order valence-corrected chi connectivity index (χ4v) is 4.00. The Bertz CT molecular complexity index is 712. The molecule has 0 saturated carbocycles. The molecule has 0 bridgehead atoms. The van der Waals surface area contributed by atoms with Crippen LogP contribution in [0.25, 0.3) is 10.9 Å². The lowest BCUT2D eigenvalue weighted by molar-refractivity contribution is 0.187. The van der Waals surface area contributed by atoms with Crippen molar-refractivity contribution in [2.45, 2.75) is 39.2 Å². The van der Waals surface area contributed by atoms with Crippen LogP contribution in [-0.4, -0.2) is 55.2 Å². The standard InChI is InChI=1S/C22H35N5/c1-3-26-16-10-19(11-17-26)9-14-25-22(23-2)24-13-6-15-27-18-12-20-7-4-5-8-21(20)27/h4-5,7-8,12,18-19H,3,6,9-11,13-17H2,1-2H3,(H2,23,24,25). The van der Waals surface area contributed by atoms with Crippen LogP contribution in [0.4, 0.5) is 0 Å². The molecule has 1 saturated heterocycles. The third-order valence-electron chi connectivity index (χ3n) is 5.77. The highest BCUT2D eigenvalue weighted by atomic mass is 15.2. The van der Waals surface area contributed by atoms with Gasteiger partial charge in [-0.3, -0.25) is 4.99 Å². The molecule has 1 fully saturated rings. The zero-order chi connectivity index (χ0) is 18.9. The lowest BCUT2D eigenvalue weighted by atomic mass is 9.93. The molecule has 2 N–H and O–H groups in total. The highest BCUT2D eigenvalue weighted by Gasteiger charge is 2.17. The number of aliphatic imine (C=N–C) groups is 1. The first-order valence-electron chi connectivity index (χ1n) is 10.5. The van der Waals surface area contributed by atoms with Crippen LogP contribution in [0, 0.1) is 5.92 Å². The van der Waals surface area contributed by atoms with Crippen molar-refractivity contribution < 1.29 is 0 Å². The Morgan fingerprint density at radius 1 is 1.11 bits per heavy atom. The summed E-state index contributed by atoms with van der Waals surface area (Å²) in [5.74, 6) is 1.79. The van der Waals surface area contributed by atoms with Gasteiger partial charge in [0.05, 0.1) is 0 Å². The van der Waals surface area contributed by atoms with Gasteiger partial charge < -0.3 is 20.1 Å². The number of rotatable bonds is 8. The van der Waals surface area contributed by atoms with E-state index >= 15 is 0 Å². The van der Waals surface area contributed by atoms with E-state index < -0.39 is 0 Å². The second-order valence-electron chi connectivity index (χ2n) is 7.51. The molecule has 1 aromatic heterocycles. The SMILES string of the molecule is CCN1CCC(CCNC(=NC)NCCCn2ccc3ccccc32)CC1. The zero-order valence-corrected chi connectivity index (χ0v) is 17.0. The van der Waals surface area contributed by atoms with Gasteiger partial charge in [0.15, 0.2) is 5.96 Å². The van der Waals surface area contributed by atoms with Crippen LogP contribution in [0.2, 0.25) is 0 Å². The van der Waals surface area contributed by atoms with Crippen LogP contribution in [-0.2, 0) is 6.54 Å². The molecule has 0 amide bonds. The van der Waals surface area contributed by atoms with E-state index in [0.29, 0.717) is 0 Å². The van der Waals surface area contributed by atoms with Gasteiger partial charge in [-0.1, -0.05) is 25.1 Å². The predicted octanol–water partition coefficient (Wildman–Crippen LogP) is 3.32. The van der Waals surface area contributed by atoms with Crippen molar-refractivity contribution in [2.24, 2.45) is 10.9 Å². The number of fused-ring (bicyclic) bond motifs is 1. The molecule has 5 nitrogen and oxygen atoms in total. The van der Waals surface area contributed by atoms with Crippen LogP contribution in [0.15, 0.2) is 41.5 Å². The van der Waals surface area contributed by atoms with Gasteiger partial charge in [0.25, 0.3) is 0 Å². The Balaban J connectivity index is 1.31. The number of hydrogen-bond acceptors (Lipinski definition) is 2. The molecule has 148 valence electrons. The molecule has 2 aromatic rings. The number of benzene rings is 1. The molecule has 1 aromatic carbocycles. The van der Waals surface area contributed by atoms with Gasteiger partial charge in [-0.2, -0.15) is 0 Å². The van der Waals surface area contributed by atoms with E-state index in [1.165, 1.54) is 49.8 Å². The van der Waals surface area contributed by atoms with Crippen molar-refractivity contribution in [3.63, 3.8) is 0 Å². The summed E-state index contributed by atoms with van der Waals surface area (Å²) >= 11 is 0. The maximum Gasteiger partial charge on any atom is 0.190 e. The molecule has 5 heteroatoms. The topological polar surface area (TPSA) is 44.6 Å². The lowest BCUT2D eigenvalue weighted by Gasteiger charge is -2.31. The first kappa shape index (κ1) is 19.7. The quantitative estimate of drug-likeness (QED) is 0.426. The van der Waals surface area contributed by atoms with Gasteiger partial charge in [0.2, 0.25) is 0 Å². The molecular formula is C22H35N5. The lowest BCUT2D eigenvalue weighted by Crippen LogP contribution is -2.40. The summed E-state index contributed by atoms with van der Waals surface area (Å²) in [6, 6.07) is 10.7. The summed E-state index contributed by atoms with van der Waals surface area (Å²) in [7, 11) is 1.86. The smallest absolute Gasteiger partial charge is 0.190 e. The minimum absolute atomic E-state index is 0.862. The largest absolute Gasteiger partial charge is 0.356 e. The summed E-state index contributed by atoms with van der Waals surface area (Å²) in [5, 5.41) is 8.25. The number of piperidine rings is 1. The number of likely N-dealkylation sites (tertiary alicyclic amines) is 1. The number of aromatic nitrogens is 1. The van der Waals surface area contributed by atoms with Gasteiger partial charge in [0.1, 0.15) is 0 Å². The van der Waals surface area contributed by atoms with Crippen molar-refractivity contribution in [1.82, 2.24) is 20.1 Å². The molecular weight excluding hydrogens is 334 g/mol. The number of guanidine groups is 1. The molecule has 0 unspecified atom stereocenters. The number of aryl methyl sites for hydroxylation is 1. The number of para-hydroxylation sites is 1. The monoisotopic (exact) mass is 369 g/mol. The minimum atomic E-state index is 0.862. The second kappa shape index (κ2) is 10.4. The van der Waals surface area contributed by atoms with Gasteiger partial charge in [-0.25, -0.2) is 0 Å². The molecule has 1 aliphatic rings. The van der Waals surface area contributed by atoms with Crippen molar-refractivity contribution in [2.75, 3.05) is 39.8 Å². The fraction of sp³-hybridized carbons (Fsp3) is 0.591. The van der Waals surface area contributed by atoms with Gasteiger partial charge >= 0.3 is 0 Å². The summed E-state index contributed by atoms with van der Waals surface area (Å²) in [5.41, 5.74) is 1.31. The van der Waals surface area contributed by atoms with Crippen molar-refractivity contribution in [1.29, 1.82) is 0 Å². The summed E-state index contributed by atoms with van der Waals surface area (Å²) in [6.07, 6.45) is 7.18. The Kier molecular flexibility index (Phi) is 7.57. The molecule has 0 aliphatic carbocycles. The van der Waals surface area contributed by atoms with Crippen molar-refractivity contribution in [3.8, 4) is 0 Å². The van der Waals surface area contributed by atoms with E-state index in [2.05, 4.69) is 68.5 Å². The Labute approximate surface area is 163 Å². The number of nitrogens with zero attached hydrogens (tertiary/aromatic N) is 3.